The van der Waals surface area contributed by atoms with Crippen molar-refractivity contribution in [3.63, 3.8) is 0 Å². The second kappa shape index (κ2) is 5.50. The Kier molecular flexibility index (Phi) is 3.69. The van der Waals surface area contributed by atoms with Crippen LogP contribution in [-0.4, -0.2) is 21.6 Å². The summed E-state index contributed by atoms with van der Waals surface area (Å²) in [5, 5.41) is 0.491. The highest BCUT2D eigenvalue weighted by atomic mass is 35.5. The molecule has 108 valence electrons. The molecule has 0 aliphatic heterocycles. The highest BCUT2D eigenvalue weighted by Gasteiger charge is 2.15. The molecule has 0 atom stereocenters. The summed E-state index contributed by atoms with van der Waals surface area (Å²) in [6.45, 7) is 0. The molecule has 0 N–H and O–H groups in total. The zero-order chi connectivity index (χ0) is 15.0. The normalized spacial score (nSPS) is 11.0. The zero-order valence-electron chi connectivity index (χ0n) is 11.0. The highest BCUT2D eigenvalue weighted by molar-refractivity contribution is 6.31. The molecule has 0 aliphatic rings. The van der Waals surface area contributed by atoms with E-state index in [0.717, 1.165) is 0 Å². The van der Waals surface area contributed by atoms with Crippen LogP contribution >= 0.6 is 23.2 Å². The van der Waals surface area contributed by atoms with Crippen molar-refractivity contribution in [2.24, 2.45) is 0 Å². The van der Waals surface area contributed by atoms with Gasteiger partial charge < -0.3 is 4.74 Å². The Labute approximate surface area is 130 Å². The molecule has 0 fully saturated rings. The number of rotatable bonds is 3. The second-order valence-corrected chi connectivity index (χ2v) is 5.02. The van der Waals surface area contributed by atoms with Gasteiger partial charge in [0, 0.05) is 12.3 Å². The quantitative estimate of drug-likeness (QED) is 0.684. The number of aromatic nitrogens is 3. The van der Waals surface area contributed by atoms with E-state index >= 15 is 0 Å². The fourth-order valence-electron chi connectivity index (χ4n) is 2.14. The minimum absolute atomic E-state index is 0.142. The van der Waals surface area contributed by atoms with Crippen LogP contribution in [0.2, 0.25) is 5.02 Å². The van der Waals surface area contributed by atoms with Crippen LogP contribution in [0.1, 0.15) is 5.82 Å². The van der Waals surface area contributed by atoms with Crippen molar-refractivity contribution in [1.82, 2.24) is 14.5 Å². The van der Waals surface area contributed by atoms with E-state index < -0.39 is 5.82 Å². The SMILES string of the molecule is COc1cc(-n2c(CCl)nc3cc(Cl)cnc32)ccc1F. The number of halogens is 3. The first-order valence-corrected chi connectivity index (χ1v) is 6.98. The van der Waals surface area contributed by atoms with Gasteiger partial charge >= 0.3 is 0 Å². The maximum Gasteiger partial charge on any atom is 0.165 e. The Morgan fingerprint density at radius 1 is 1.33 bits per heavy atom. The second-order valence-electron chi connectivity index (χ2n) is 4.31. The van der Waals surface area contributed by atoms with E-state index in [4.69, 9.17) is 27.9 Å². The van der Waals surface area contributed by atoms with Crippen molar-refractivity contribution in [1.29, 1.82) is 0 Å². The molecule has 2 heterocycles. The number of nitrogens with zero attached hydrogens (tertiary/aromatic N) is 3. The van der Waals surface area contributed by atoms with Gasteiger partial charge in [-0.25, -0.2) is 14.4 Å². The Morgan fingerprint density at radius 2 is 2.14 bits per heavy atom. The average molecular weight is 326 g/mol. The number of methoxy groups -OCH3 is 1. The minimum atomic E-state index is -0.436. The number of benzene rings is 1. The Hall–Kier alpha value is -1.85. The van der Waals surface area contributed by atoms with E-state index in [1.54, 1.807) is 22.8 Å². The van der Waals surface area contributed by atoms with Crippen LogP contribution in [0.4, 0.5) is 4.39 Å². The number of imidazole rings is 1. The molecule has 1 aromatic carbocycles. The van der Waals surface area contributed by atoms with E-state index in [2.05, 4.69) is 9.97 Å². The summed E-state index contributed by atoms with van der Waals surface area (Å²) in [5.74, 6) is 0.487. The number of fused-ring (bicyclic) bond motifs is 1. The number of pyridine rings is 1. The first kappa shape index (κ1) is 14.1. The monoisotopic (exact) mass is 325 g/mol. The molecule has 3 rings (SSSR count). The maximum atomic E-state index is 13.6. The summed E-state index contributed by atoms with van der Waals surface area (Å²) in [4.78, 5) is 8.67. The summed E-state index contributed by atoms with van der Waals surface area (Å²) in [6.07, 6.45) is 1.53. The molecule has 0 saturated heterocycles. The Balaban J connectivity index is 2.28. The zero-order valence-corrected chi connectivity index (χ0v) is 12.5. The molecule has 0 aliphatic carbocycles. The molecule has 0 unspecified atom stereocenters. The summed E-state index contributed by atoms with van der Waals surface area (Å²) in [7, 11) is 1.41. The third kappa shape index (κ3) is 2.43. The van der Waals surface area contributed by atoms with E-state index in [-0.39, 0.29) is 11.6 Å². The van der Waals surface area contributed by atoms with Crippen LogP contribution in [0.3, 0.4) is 0 Å². The van der Waals surface area contributed by atoms with Crippen LogP contribution in [0.5, 0.6) is 5.75 Å². The van der Waals surface area contributed by atoms with Crippen molar-refractivity contribution < 1.29 is 9.13 Å². The molecule has 4 nitrogen and oxygen atoms in total. The number of hydrogen-bond donors (Lipinski definition) is 0. The lowest BCUT2D eigenvalue weighted by Crippen LogP contribution is -2.01. The number of hydrogen-bond acceptors (Lipinski definition) is 3. The summed E-state index contributed by atoms with van der Waals surface area (Å²) in [6, 6.07) is 6.22. The van der Waals surface area contributed by atoms with Gasteiger partial charge in [0.2, 0.25) is 0 Å². The van der Waals surface area contributed by atoms with Crippen molar-refractivity contribution >= 4 is 34.4 Å². The predicted molar refractivity (Wildman–Crippen MR) is 79.9 cm³/mol. The van der Waals surface area contributed by atoms with Crippen molar-refractivity contribution in [2.45, 2.75) is 5.88 Å². The number of ether oxygens (including phenoxy) is 1. The van der Waals surface area contributed by atoms with Crippen molar-refractivity contribution in [2.75, 3.05) is 7.11 Å². The molecule has 3 aromatic rings. The maximum absolute atomic E-state index is 13.6. The molecule has 0 bridgehead atoms. The first-order chi connectivity index (χ1) is 10.1. The Bertz CT molecular complexity index is 819. The van der Waals surface area contributed by atoms with Gasteiger partial charge in [0.1, 0.15) is 11.3 Å². The van der Waals surface area contributed by atoms with E-state index in [1.165, 1.54) is 19.4 Å². The number of alkyl halides is 1. The van der Waals surface area contributed by atoms with Gasteiger partial charge in [0.25, 0.3) is 0 Å². The lowest BCUT2D eigenvalue weighted by molar-refractivity contribution is 0.386. The average Bonchev–Trinajstić information content (AvgIpc) is 2.85. The summed E-state index contributed by atoms with van der Waals surface area (Å²) >= 11 is 11.9. The van der Waals surface area contributed by atoms with Crippen LogP contribution < -0.4 is 4.74 Å². The molecule has 2 aromatic heterocycles. The van der Waals surface area contributed by atoms with Gasteiger partial charge in [-0.05, 0) is 18.2 Å². The molecule has 7 heteroatoms. The topological polar surface area (TPSA) is 39.9 Å². The fourth-order valence-corrected chi connectivity index (χ4v) is 2.47. The first-order valence-electron chi connectivity index (χ1n) is 6.07. The van der Waals surface area contributed by atoms with Gasteiger partial charge in [-0.15, -0.1) is 11.6 Å². The minimum Gasteiger partial charge on any atom is -0.494 e. The van der Waals surface area contributed by atoms with Gasteiger partial charge in [0.05, 0.1) is 23.7 Å². The third-order valence-electron chi connectivity index (χ3n) is 3.05. The third-order valence-corrected chi connectivity index (χ3v) is 3.49. The van der Waals surface area contributed by atoms with Crippen LogP contribution in [0, 0.1) is 5.82 Å². The molecular weight excluding hydrogens is 316 g/mol. The van der Waals surface area contributed by atoms with Gasteiger partial charge in [-0.2, -0.15) is 0 Å². The van der Waals surface area contributed by atoms with E-state index in [1.807, 2.05) is 0 Å². The van der Waals surface area contributed by atoms with Crippen LogP contribution in [0.25, 0.3) is 16.9 Å². The van der Waals surface area contributed by atoms with Crippen molar-refractivity contribution in [3.8, 4) is 11.4 Å². The molecule has 0 saturated carbocycles. The van der Waals surface area contributed by atoms with Crippen LogP contribution in [0.15, 0.2) is 30.5 Å². The van der Waals surface area contributed by atoms with Gasteiger partial charge in [-0.3, -0.25) is 4.57 Å². The van der Waals surface area contributed by atoms with Crippen molar-refractivity contribution in [3.05, 3.63) is 47.1 Å². The molecule has 21 heavy (non-hydrogen) atoms. The molecule has 0 amide bonds. The lowest BCUT2D eigenvalue weighted by Gasteiger charge is -2.09. The van der Waals surface area contributed by atoms with Gasteiger partial charge in [-0.1, -0.05) is 11.6 Å². The summed E-state index contributed by atoms with van der Waals surface area (Å²) in [5.41, 5.74) is 1.89. The smallest absolute Gasteiger partial charge is 0.165 e. The Morgan fingerprint density at radius 3 is 2.86 bits per heavy atom. The van der Waals surface area contributed by atoms with E-state index in [9.17, 15) is 4.39 Å². The van der Waals surface area contributed by atoms with E-state index in [0.29, 0.717) is 27.7 Å². The van der Waals surface area contributed by atoms with Crippen LogP contribution in [-0.2, 0) is 5.88 Å². The summed E-state index contributed by atoms with van der Waals surface area (Å²) < 4.78 is 20.3. The predicted octanol–water partition coefficient (Wildman–Crippen LogP) is 3.96. The lowest BCUT2D eigenvalue weighted by atomic mass is 10.2. The molecule has 0 radical (unpaired) electrons. The fraction of sp³-hybridized carbons (Fsp3) is 0.143. The standard InChI is InChI=1S/C14H10Cl2FN3O/c1-21-12-5-9(2-3-10(12)17)20-13(6-15)19-11-4-8(16)7-18-14(11)20/h2-5,7H,6H2,1H3. The van der Waals surface area contributed by atoms with Gasteiger partial charge in [0.15, 0.2) is 17.2 Å². The largest absolute Gasteiger partial charge is 0.494 e. The highest BCUT2D eigenvalue weighted by Crippen LogP contribution is 2.26. The molecular formula is C14H10Cl2FN3O. The molecule has 0 spiro atoms.